The Kier molecular flexibility index (Phi) is 3.71. The van der Waals surface area contributed by atoms with Crippen molar-refractivity contribution in [2.45, 2.75) is 19.0 Å². The van der Waals surface area contributed by atoms with Crippen LogP contribution < -0.4 is 10.2 Å². The van der Waals surface area contributed by atoms with Crippen molar-refractivity contribution in [1.29, 1.82) is 0 Å². The molecule has 2 N–H and O–H groups in total. The highest BCUT2D eigenvalue weighted by atomic mass is 19.1. The maximum absolute atomic E-state index is 13.8. The fraction of sp³-hybridized carbons (Fsp3) is 0.278. The van der Waals surface area contributed by atoms with Gasteiger partial charge in [0, 0.05) is 49.0 Å². The third kappa shape index (κ3) is 2.80. The molecular weight excluding hydrogens is 291 g/mol. The van der Waals surface area contributed by atoms with E-state index < -0.39 is 0 Å². The molecule has 0 amide bonds. The summed E-state index contributed by atoms with van der Waals surface area (Å²) in [4.78, 5) is 9.42. The van der Waals surface area contributed by atoms with E-state index in [2.05, 4.69) is 39.6 Å². The lowest BCUT2D eigenvalue weighted by Crippen LogP contribution is -2.32. The first-order valence-corrected chi connectivity index (χ1v) is 7.95. The first-order valence-electron chi connectivity index (χ1n) is 7.95. The minimum Gasteiger partial charge on any atom is -0.361 e. The number of pyridine rings is 1. The zero-order valence-electron chi connectivity index (χ0n) is 12.8. The van der Waals surface area contributed by atoms with Crippen molar-refractivity contribution >= 4 is 16.7 Å². The van der Waals surface area contributed by atoms with Gasteiger partial charge in [0.25, 0.3) is 0 Å². The van der Waals surface area contributed by atoms with Crippen molar-refractivity contribution in [3.63, 3.8) is 0 Å². The number of hydrogen-bond acceptors (Lipinski definition) is 3. The Morgan fingerprint density at radius 2 is 2.22 bits per heavy atom. The standard InChI is InChI=1S/C18H19FN4/c19-16-4-2-8-21-18(16)23-10-7-14(12-23)22-11-13-3-1-5-17-15(13)6-9-20-17/h1-6,8-9,14,20,22H,7,10-12H2. The van der Waals surface area contributed by atoms with Crippen molar-refractivity contribution in [1.82, 2.24) is 15.3 Å². The molecule has 5 heteroatoms. The molecule has 0 saturated carbocycles. The number of hydrogen-bond donors (Lipinski definition) is 2. The Bertz CT molecular complexity index is 813. The van der Waals surface area contributed by atoms with E-state index in [1.807, 2.05) is 11.1 Å². The molecule has 1 unspecified atom stereocenters. The predicted molar refractivity (Wildman–Crippen MR) is 90.0 cm³/mol. The van der Waals surface area contributed by atoms with Crippen LogP contribution in [0.1, 0.15) is 12.0 Å². The Hall–Kier alpha value is -2.40. The van der Waals surface area contributed by atoms with E-state index in [-0.39, 0.29) is 5.82 Å². The molecule has 4 nitrogen and oxygen atoms in total. The van der Waals surface area contributed by atoms with E-state index in [0.717, 1.165) is 31.6 Å². The van der Waals surface area contributed by atoms with Crippen molar-refractivity contribution < 1.29 is 4.39 Å². The molecule has 2 aromatic heterocycles. The number of anilines is 1. The van der Waals surface area contributed by atoms with Crippen LogP contribution in [-0.4, -0.2) is 29.1 Å². The molecule has 1 atom stereocenters. The van der Waals surface area contributed by atoms with Crippen LogP contribution in [0.25, 0.3) is 10.9 Å². The van der Waals surface area contributed by atoms with Gasteiger partial charge in [0.15, 0.2) is 11.6 Å². The van der Waals surface area contributed by atoms with Crippen LogP contribution in [0.4, 0.5) is 10.2 Å². The van der Waals surface area contributed by atoms with Crippen molar-refractivity contribution in [2.24, 2.45) is 0 Å². The topological polar surface area (TPSA) is 44.0 Å². The summed E-state index contributed by atoms with van der Waals surface area (Å²) in [6, 6.07) is 11.9. The molecule has 1 fully saturated rings. The highest BCUT2D eigenvalue weighted by Gasteiger charge is 2.24. The normalized spacial score (nSPS) is 18.0. The second-order valence-corrected chi connectivity index (χ2v) is 5.98. The molecule has 1 aromatic carbocycles. The predicted octanol–water partition coefficient (Wildman–Crippen LogP) is 3.07. The molecule has 0 spiro atoms. The Morgan fingerprint density at radius 3 is 3.13 bits per heavy atom. The van der Waals surface area contributed by atoms with Gasteiger partial charge in [-0.05, 0) is 36.2 Å². The smallest absolute Gasteiger partial charge is 0.165 e. The lowest BCUT2D eigenvalue weighted by molar-refractivity contribution is 0.551. The van der Waals surface area contributed by atoms with Crippen LogP contribution in [0.3, 0.4) is 0 Å². The maximum atomic E-state index is 13.8. The molecular formula is C18H19FN4. The lowest BCUT2D eigenvalue weighted by Gasteiger charge is -2.18. The van der Waals surface area contributed by atoms with Crippen LogP contribution in [0, 0.1) is 5.82 Å². The zero-order valence-corrected chi connectivity index (χ0v) is 12.8. The van der Waals surface area contributed by atoms with Gasteiger partial charge in [-0.15, -0.1) is 0 Å². The van der Waals surface area contributed by atoms with E-state index in [9.17, 15) is 4.39 Å². The van der Waals surface area contributed by atoms with Crippen LogP contribution >= 0.6 is 0 Å². The minimum absolute atomic E-state index is 0.245. The van der Waals surface area contributed by atoms with E-state index in [0.29, 0.717) is 11.9 Å². The third-order valence-corrected chi connectivity index (χ3v) is 4.49. The number of rotatable bonds is 4. The number of nitrogens with one attached hydrogen (secondary N) is 2. The Morgan fingerprint density at radius 1 is 1.26 bits per heavy atom. The number of aromatic amines is 1. The SMILES string of the molecule is Fc1cccnc1N1CCC(NCc2cccc3[nH]ccc23)C1. The maximum Gasteiger partial charge on any atom is 0.165 e. The number of fused-ring (bicyclic) bond motifs is 1. The monoisotopic (exact) mass is 310 g/mol. The Labute approximate surface area is 134 Å². The number of nitrogens with zero attached hydrogens (tertiary/aromatic N) is 2. The minimum atomic E-state index is -0.245. The van der Waals surface area contributed by atoms with Crippen molar-refractivity contribution in [3.8, 4) is 0 Å². The molecule has 0 bridgehead atoms. The average Bonchev–Trinajstić information content (AvgIpc) is 3.22. The summed E-state index contributed by atoms with van der Waals surface area (Å²) >= 11 is 0. The summed E-state index contributed by atoms with van der Waals surface area (Å²) in [5.74, 6) is 0.217. The summed E-state index contributed by atoms with van der Waals surface area (Å²) in [6.07, 6.45) is 4.61. The summed E-state index contributed by atoms with van der Waals surface area (Å²) in [5, 5.41) is 4.85. The largest absolute Gasteiger partial charge is 0.361 e. The van der Waals surface area contributed by atoms with Crippen LogP contribution in [0.2, 0.25) is 0 Å². The summed E-state index contributed by atoms with van der Waals surface area (Å²) in [5.41, 5.74) is 2.44. The lowest BCUT2D eigenvalue weighted by atomic mass is 10.1. The molecule has 0 aliphatic carbocycles. The van der Waals surface area contributed by atoms with Gasteiger partial charge in [-0.2, -0.15) is 0 Å². The number of H-pyrrole nitrogens is 1. The fourth-order valence-electron chi connectivity index (χ4n) is 3.29. The van der Waals surface area contributed by atoms with Crippen LogP contribution in [0.5, 0.6) is 0 Å². The number of benzene rings is 1. The third-order valence-electron chi connectivity index (χ3n) is 4.49. The molecule has 23 heavy (non-hydrogen) atoms. The molecule has 1 aliphatic heterocycles. The number of aromatic nitrogens is 2. The van der Waals surface area contributed by atoms with E-state index in [1.54, 1.807) is 12.3 Å². The molecule has 3 heterocycles. The van der Waals surface area contributed by atoms with Crippen molar-refractivity contribution in [2.75, 3.05) is 18.0 Å². The highest BCUT2D eigenvalue weighted by molar-refractivity contribution is 5.82. The van der Waals surface area contributed by atoms with Crippen LogP contribution in [0.15, 0.2) is 48.8 Å². The van der Waals surface area contributed by atoms with Gasteiger partial charge < -0.3 is 15.2 Å². The molecule has 4 rings (SSSR count). The quantitative estimate of drug-likeness (QED) is 0.778. The van der Waals surface area contributed by atoms with E-state index in [1.165, 1.54) is 17.0 Å². The zero-order chi connectivity index (χ0) is 15.6. The summed E-state index contributed by atoms with van der Waals surface area (Å²) in [6.45, 7) is 2.44. The Balaban J connectivity index is 1.41. The van der Waals surface area contributed by atoms with Gasteiger partial charge in [-0.25, -0.2) is 9.37 Å². The summed E-state index contributed by atoms with van der Waals surface area (Å²) in [7, 11) is 0. The van der Waals surface area contributed by atoms with Gasteiger partial charge >= 0.3 is 0 Å². The first-order chi connectivity index (χ1) is 11.3. The molecule has 0 radical (unpaired) electrons. The van der Waals surface area contributed by atoms with Gasteiger partial charge in [-0.1, -0.05) is 12.1 Å². The first kappa shape index (κ1) is 14.2. The van der Waals surface area contributed by atoms with E-state index >= 15 is 0 Å². The van der Waals surface area contributed by atoms with Crippen LogP contribution in [-0.2, 0) is 6.54 Å². The molecule has 1 aliphatic rings. The van der Waals surface area contributed by atoms with Gasteiger partial charge in [0.2, 0.25) is 0 Å². The van der Waals surface area contributed by atoms with Crippen molar-refractivity contribution in [3.05, 3.63) is 60.2 Å². The average molecular weight is 310 g/mol. The number of halogens is 1. The molecule has 1 saturated heterocycles. The van der Waals surface area contributed by atoms with E-state index in [4.69, 9.17) is 0 Å². The molecule has 118 valence electrons. The molecule has 3 aromatic rings. The van der Waals surface area contributed by atoms with Gasteiger partial charge in [0.05, 0.1) is 0 Å². The fourth-order valence-corrected chi connectivity index (χ4v) is 3.29. The second-order valence-electron chi connectivity index (χ2n) is 5.98. The second kappa shape index (κ2) is 6.01. The van der Waals surface area contributed by atoms with Gasteiger partial charge in [-0.3, -0.25) is 0 Å². The highest BCUT2D eigenvalue weighted by Crippen LogP contribution is 2.22. The summed E-state index contributed by atoms with van der Waals surface area (Å²) < 4.78 is 13.8. The van der Waals surface area contributed by atoms with Gasteiger partial charge in [0.1, 0.15) is 0 Å².